The van der Waals surface area contributed by atoms with Gasteiger partial charge in [-0.2, -0.15) is 0 Å². The maximum Gasteiger partial charge on any atom is 0.313 e. The summed E-state index contributed by atoms with van der Waals surface area (Å²) in [6, 6.07) is 12.8. The Kier molecular flexibility index (Phi) is 6.75. The van der Waals surface area contributed by atoms with Crippen LogP contribution in [0.5, 0.6) is 5.75 Å². The predicted molar refractivity (Wildman–Crippen MR) is 135 cm³/mol. The molecule has 0 atom stereocenters. The first kappa shape index (κ1) is 24.6. The van der Waals surface area contributed by atoms with E-state index in [0.29, 0.717) is 10.9 Å². The first-order valence-electron chi connectivity index (χ1n) is 10.7. The number of amides is 1. The molecule has 6 nitrogen and oxygen atoms in total. The van der Waals surface area contributed by atoms with Gasteiger partial charge in [0.05, 0.1) is 11.4 Å². The van der Waals surface area contributed by atoms with Crippen molar-refractivity contribution in [3.8, 4) is 5.75 Å². The van der Waals surface area contributed by atoms with Gasteiger partial charge in [0.25, 0.3) is 5.91 Å². The van der Waals surface area contributed by atoms with Crippen molar-refractivity contribution in [1.29, 1.82) is 0 Å². The largest absolute Gasteiger partial charge is 0.507 e. The normalized spacial score (nSPS) is 15.8. The molecule has 0 radical (unpaired) electrons. The van der Waals surface area contributed by atoms with E-state index in [0.717, 1.165) is 28.5 Å². The van der Waals surface area contributed by atoms with E-state index in [-0.39, 0.29) is 33.9 Å². The number of amidine groups is 1. The molecule has 174 valence electrons. The fourth-order valence-electron chi connectivity index (χ4n) is 3.57. The SMILES string of the molecule is CC(C)(C)c1cc(/C=C2/N=C(SCC(=O)O)N(c3ccccc3)C2=O)cc(C(C)(C)C)c1O. The predicted octanol–water partition coefficient (Wildman–Crippen LogP) is 5.55. The van der Waals surface area contributed by atoms with Crippen LogP contribution in [0.25, 0.3) is 6.08 Å². The first-order valence-corrected chi connectivity index (χ1v) is 11.7. The van der Waals surface area contributed by atoms with E-state index >= 15 is 0 Å². The molecule has 2 N–H and O–H groups in total. The lowest BCUT2D eigenvalue weighted by Gasteiger charge is -2.28. The molecule has 33 heavy (non-hydrogen) atoms. The van der Waals surface area contributed by atoms with E-state index in [1.807, 2.05) is 71.9 Å². The molecule has 2 aromatic carbocycles. The number of aromatic hydroxyl groups is 1. The van der Waals surface area contributed by atoms with Crippen molar-refractivity contribution in [3.63, 3.8) is 0 Å². The molecule has 0 fully saturated rings. The van der Waals surface area contributed by atoms with Crippen LogP contribution in [-0.4, -0.2) is 33.0 Å². The lowest BCUT2D eigenvalue weighted by molar-refractivity contribution is -0.133. The van der Waals surface area contributed by atoms with E-state index < -0.39 is 5.97 Å². The number of carbonyl (C=O) groups is 2. The quantitative estimate of drug-likeness (QED) is 0.577. The minimum absolute atomic E-state index is 0.204. The van der Waals surface area contributed by atoms with Crippen molar-refractivity contribution in [2.45, 2.75) is 52.4 Å². The summed E-state index contributed by atoms with van der Waals surface area (Å²) in [5.41, 5.74) is 2.57. The van der Waals surface area contributed by atoms with E-state index in [4.69, 9.17) is 5.11 Å². The van der Waals surface area contributed by atoms with Crippen LogP contribution in [0.3, 0.4) is 0 Å². The van der Waals surface area contributed by atoms with E-state index in [2.05, 4.69) is 4.99 Å². The molecule has 3 rings (SSSR count). The van der Waals surface area contributed by atoms with Gasteiger partial charge in [0.1, 0.15) is 11.4 Å². The van der Waals surface area contributed by atoms with Gasteiger partial charge in [-0.1, -0.05) is 71.5 Å². The van der Waals surface area contributed by atoms with Gasteiger partial charge >= 0.3 is 5.97 Å². The van der Waals surface area contributed by atoms with Crippen molar-refractivity contribution in [1.82, 2.24) is 0 Å². The van der Waals surface area contributed by atoms with Crippen molar-refractivity contribution in [2.75, 3.05) is 10.7 Å². The Hall–Kier alpha value is -3.06. The number of nitrogens with zero attached hydrogens (tertiary/aromatic N) is 2. The van der Waals surface area contributed by atoms with Crippen LogP contribution in [0.15, 0.2) is 53.2 Å². The number of phenols is 1. The summed E-state index contributed by atoms with van der Waals surface area (Å²) in [7, 11) is 0. The standard InChI is InChI=1S/C26H30N2O4S/c1-25(2,3)18-12-16(13-19(22(18)31)26(4,5)6)14-20-23(32)28(17-10-8-7-9-11-17)24(27-20)33-15-21(29)30/h7-14,31H,15H2,1-6H3,(H,29,30)/b20-14+. The number of benzene rings is 2. The number of hydrogen-bond donors (Lipinski definition) is 2. The van der Waals surface area contributed by atoms with Crippen molar-refractivity contribution in [2.24, 2.45) is 4.99 Å². The van der Waals surface area contributed by atoms with Crippen LogP contribution in [0.4, 0.5) is 5.69 Å². The number of carboxylic acid groups (broad SMARTS) is 1. The van der Waals surface area contributed by atoms with Gasteiger partial charge in [-0.15, -0.1) is 0 Å². The Morgan fingerprint density at radius 3 is 2.06 bits per heavy atom. The van der Waals surface area contributed by atoms with Gasteiger partial charge in [-0.3, -0.25) is 14.5 Å². The molecule has 0 saturated carbocycles. The van der Waals surface area contributed by atoms with E-state index in [1.165, 1.54) is 4.90 Å². The summed E-state index contributed by atoms with van der Waals surface area (Å²) in [6.07, 6.45) is 1.70. The third-order valence-electron chi connectivity index (χ3n) is 5.22. The summed E-state index contributed by atoms with van der Waals surface area (Å²) < 4.78 is 0. The van der Waals surface area contributed by atoms with E-state index in [1.54, 1.807) is 18.2 Å². The molecule has 7 heteroatoms. The second-order valence-electron chi connectivity index (χ2n) is 10.0. The number of aliphatic carboxylic acids is 1. The number of para-hydroxylation sites is 1. The summed E-state index contributed by atoms with van der Waals surface area (Å²) in [5, 5.41) is 20.4. The average Bonchev–Trinajstić information content (AvgIpc) is 3.01. The van der Waals surface area contributed by atoms with Crippen LogP contribution in [-0.2, 0) is 20.4 Å². The number of hydrogen-bond acceptors (Lipinski definition) is 5. The number of carbonyl (C=O) groups excluding carboxylic acids is 1. The minimum atomic E-state index is -0.983. The zero-order valence-corrected chi connectivity index (χ0v) is 20.7. The number of thioether (sulfide) groups is 1. The highest BCUT2D eigenvalue weighted by Crippen LogP contribution is 2.40. The summed E-state index contributed by atoms with van der Waals surface area (Å²) in [6.45, 7) is 12.2. The third-order valence-corrected chi connectivity index (χ3v) is 6.14. The minimum Gasteiger partial charge on any atom is -0.507 e. The van der Waals surface area contributed by atoms with Gasteiger partial charge in [0.15, 0.2) is 5.17 Å². The Morgan fingerprint density at radius 1 is 1.03 bits per heavy atom. The smallest absolute Gasteiger partial charge is 0.313 e. The van der Waals surface area contributed by atoms with Gasteiger partial charge in [0.2, 0.25) is 0 Å². The molecule has 2 aromatic rings. The van der Waals surface area contributed by atoms with Crippen LogP contribution < -0.4 is 4.90 Å². The molecule has 0 aromatic heterocycles. The second-order valence-corrected chi connectivity index (χ2v) is 11.0. The van der Waals surface area contributed by atoms with Crippen molar-refractivity contribution < 1.29 is 19.8 Å². The van der Waals surface area contributed by atoms with Gasteiger partial charge in [0, 0.05) is 11.1 Å². The molecule has 1 aliphatic rings. The molecule has 1 amide bonds. The highest BCUT2D eigenvalue weighted by atomic mass is 32.2. The van der Waals surface area contributed by atoms with Gasteiger partial charge < -0.3 is 10.2 Å². The summed E-state index contributed by atoms with van der Waals surface area (Å²) >= 11 is 1.01. The van der Waals surface area contributed by atoms with Crippen molar-refractivity contribution in [3.05, 3.63) is 64.9 Å². The molecule has 0 aliphatic carbocycles. The molecule has 0 unspecified atom stereocenters. The zero-order chi connectivity index (χ0) is 24.6. The van der Waals surface area contributed by atoms with Crippen molar-refractivity contribution >= 4 is 40.6 Å². The fraction of sp³-hybridized carbons (Fsp3) is 0.346. The second kappa shape index (κ2) is 9.06. The van der Waals surface area contributed by atoms with Crippen LogP contribution in [0.1, 0.15) is 58.2 Å². The Bertz CT molecular complexity index is 1100. The maximum absolute atomic E-state index is 13.3. The van der Waals surface area contributed by atoms with Crippen LogP contribution in [0.2, 0.25) is 0 Å². The topological polar surface area (TPSA) is 90.2 Å². The monoisotopic (exact) mass is 466 g/mol. The lowest BCUT2D eigenvalue weighted by Crippen LogP contribution is -2.30. The van der Waals surface area contributed by atoms with E-state index in [9.17, 15) is 14.7 Å². The maximum atomic E-state index is 13.3. The van der Waals surface area contributed by atoms with Crippen LogP contribution in [0, 0.1) is 0 Å². The fourth-order valence-corrected chi connectivity index (χ4v) is 4.30. The summed E-state index contributed by atoms with van der Waals surface area (Å²) in [5.74, 6) is -1.24. The number of aliphatic imine (C=N–C) groups is 1. The summed E-state index contributed by atoms with van der Waals surface area (Å²) in [4.78, 5) is 30.4. The Labute approximate surface area is 199 Å². The molecular formula is C26H30N2O4S. The molecule has 0 bridgehead atoms. The Balaban J connectivity index is 2.13. The number of rotatable bonds is 4. The molecule has 1 aliphatic heterocycles. The number of anilines is 1. The molecule has 0 saturated heterocycles. The molecular weight excluding hydrogens is 436 g/mol. The number of carboxylic acids is 1. The highest BCUT2D eigenvalue weighted by Gasteiger charge is 2.33. The molecule has 1 heterocycles. The van der Waals surface area contributed by atoms with Gasteiger partial charge in [-0.05, 0) is 46.7 Å². The van der Waals surface area contributed by atoms with Gasteiger partial charge in [-0.25, -0.2) is 4.99 Å². The Morgan fingerprint density at radius 2 is 1.58 bits per heavy atom. The average molecular weight is 467 g/mol. The number of phenolic OH excluding ortho intramolecular Hbond substituents is 1. The lowest BCUT2D eigenvalue weighted by atomic mass is 9.78. The third kappa shape index (κ3) is 5.47. The van der Waals surface area contributed by atoms with Crippen LogP contribution >= 0.6 is 11.8 Å². The first-order chi connectivity index (χ1) is 15.3. The highest BCUT2D eigenvalue weighted by molar-refractivity contribution is 8.14. The molecule has 0 spiro atoms. The zero-order valence-electron chi connectivity index (χ0n) is 19.8.